The van der Waals surface area contributed by atoms with Crippen LogP contribution in [0.1, 0.15) is 239 Å². The number of esters is 3. The Labute approximate surface area is 472 Å². The van der Waals surface area contributed by atoms with Crippen LogP contribution < -0.4 is 0 Å². The first-order valence-corrected chi connectivity index (χ1v) is 30.6. The maximum absolute atomic E-state index is 12.8. The molecule has 0 fully saturated rings. The molecule has 6 heteroatoms. The van der Waals surface area contributed by atoms with Crippen molar-refractivity contribution in [1.82, 2.24) is 0 Å². The zero-order valence-electron chi connectivity index (χ0n) is 49.1. The van der Waals surface area contributed by atoms with Crippen LogP contribution in [0.15, 0.2) is 170 Å². The molecular weight excluding hydrogens is 949 g/mol. The van der Waals surface area contributed by atoms with Crippen LogP contribution in [-0.4, -0.2) is 37.2 Å². The van der Waals surface area contributed by atoms with Crippen LogP contribution in [0.3, 0.4) is 0 Å². The molecule has 0 aromatic carbocycles. The number of rotatable bonds is 53. The molecule has 0 N–H and O–H groups in total. The van der Waals surface area contributed by atoms with E-state index < -0.39 is 18.0 Å². The SMILES string of the molecule is CC/C=C\C/C=C\C/C=C\C/C=C\C/C=C\C/C=C\CCC(=O)OC(COC(=O)C/C=C\C/C=C\C/C=C\C/C=C\C/C=C\CC)COC(=O)CCCCCCCCCCCC/C=C\C/C=C\C/C=C\CCCCCCC. The number of carbonyl (C=O) groups excluding carboxylic acids is 3. The van der Waals surface area contributed by atoms with Crippen molar-refractivity contribution in [2.45, 2.75) is 245 Å². The maximum Gasteiger partial charge on any atom is 0.309 e. The van der Waals surface area contributed by atoms with Crippen molar-refractivity contribution < 1.29 is 28.6 Å². The first-order chi connectivity index (χ1) is 38.0. The highest BCUT2D eigenvalue weighted by molar-refractivity contribution is 5.72. The van der Waals surface area contributed by atoms with Crippen molar-refractivity contribution in [2.75, 3.05) is 13.2 Å². The van der Waals surface area contributed by atoms with Crippen molar-refractivity contribution >= 4 is 17.9 Å². The van der Waals surface area contributed by atoms with Crippen molar-refractivity contribution in [3.63, 3.8) is 0 Å². The van der Waals surface area contributed by atoms with Gasteiger partial charge in [0.25, 0.3) is 0 Å². The minimum atomic E-state index is -0.870. The lowest BCUT2D eigenvalue weighted by Gasteiger charge is -2.18. The fourth-order valence-corrected chi connectivity index (χ4v) is 7.72. The van der Waals surface area contributed by atoms with Crippen LogP contribution >= 0.6 is 0 Å². The zero-order chi connectivity index (χ0) is 55.7. The first-order valence-electron chi connectivity index (χ1n) is 30.6. The second-order valence-electron chi connectivity index (χ2n) is 19.5. The summed E-state index contributed by atoms with van der Waals surface area (Å²) in [6.07, 6.45) is 93.9. The highest BCUT2D eigenvalue weighted by atomic mass is 16.6. The Morgan fingerprint density at radius 2 is 0.584 bits per heavy atom. The van der Waals surface area contributed by atoms with Gasteiger partial charge < -0.3 is 14.2 Å². The summed E-state index contributed by atoms with van der Waals surface area (Å²) in [7, 11) is 0. The van der Waals surface area contributed by atoms with Crippen LogP contribution in [-0.2, 0) is 28.6 Å². The first kappa shape index (κ1) is 71.8. The second-order valence-corrected chi connectivity index (χ2v) is 19.5. The summed E-state index contributed by atoms with van der Waals surface area (Å²) in [6, 6.07) is 0. The number of allylic oxidation sites excluding steroid dienone is 27. The largest absolute Gasteiger partial charge is 0.462 e. The van der Waals surface area contributed by atoms with Gasteiger partial charge in [0.2, 0.25) is 0 Å². The van der Waals surface area contributed by atoms with Gasteiger partial charge in [-0.25, -0.2) is 0 Å². The number of hydrogen-bond donors (Lipinski definition) is 0. The van der Waals surface area contributed by atoms with Gasteiger partial charge in [0.05, 0.1) is 6.42 Å². The van der Waals surface area contributed by atoms with Crippen LogP contribution in [0.5, 0.6) is 0 Å². The molecule has 0 saturated heterocycles. The molecule has 0 aliphatic heterocycles. The molecule has 0 aromatic heterocycles. The predicted molar refractivity (Wildman–Crippen MR) is 334 cm³/mol. The van der Waals surface area contributed by atoms with E-state index >= 15 is 0 Å². The monoisotopic (exact) mass is 1060 g/mol. The molecule has 0 aromatic rings. The summed E-state index contributed by atoms with van der Waals surface area (Å²) in [4.78, 5) is 38.2. The Morgan fingerprint density at radius 3 is 0.961 bits per heavy atom. The molecule has 1 unspecified atom stereocenters. The standard InChI is InChI=1S/C71H110O6/c1-4-7-10-13-16-19-22-25-28-30-32-33-34-35-36-37-39-40-43-46-49-52-55-58-61-64-70(73)76-67-68(66-75-69(72)63-60-57-54-51-48-45-42-27-24-21-18-15-12-9-6-3)77-71(74)65-62-59-56-53-50-47-44-41-38-31-29-26-23-20-17-14-11-8-5-2/h8-9,11-12,17-18,20-22,25-27,29-30,32,34-35,38,41-42,47-48,50-51,56-57,59-60,68H,4-7,10,13-16,19,23-24,28,31,33,36-37,39-40,43-46,49,52-55,58,61-67H2,1-3H3/b11-8-,12-9-,20-17-,21-18-,25-22-,29-26-,32-30-,35-34-,41-38-,42-27-,50-47-,51-48-,59-56-,60-57-. The van der Waals surface area contributed by atoms with Crippen LogP contribution in [0.2, 0.25) is 0 Å². The van der Waals surface area contributed by atoms with E-state index in [0.29, 0.717) is 19.3 Å². The van der Waals surface area contributed by atoms with Gasteiger partial charge >= 0.3 is 17.9 Å². The summed E-state index contributed by atoms with van der Waals surface area (Å²) in [5, 5.41) is 0. The topological polar surface area (TPSA) is 78.9 Å². The Kier molecular flexibility index (Phi) is 59.0. The third kappa shape index (κ3) is 61.5. The van der Waals surface area contributed by atoms with E-state index in [1.165, 1.54) is 89.9 Å². The molecule has 0 amide bonds. The van der Waals surface area contributed by atoms with E-state index in [9.17, 15) is 14.4 Å². The summed E-state index contributed by atoms with van der Waals surface area (Å²) >= 11 is 0. The van der Waals surface area contributed by atoms with E-state index in [2.05, 4.69) is 167 Å². The van der Waals surface area contributed by atoms with Gasteiger partial charge in [0, 0.05) is 12.8 Å². The molecule has 77 heavy (non-hydrogen) atoms. The third-order valence-corrected chi connectivity index (χ3v) is 12.2. The van der Waals surface area contributed by atoms with E-state index in [4.69, 9.17) is 14.2 Å². The van der Waals surface area contributed by atoms with Gasteiger partial charge in [-0.3, -0.25) is 14.4 Å². The lowest BCUT2D eigenvalue weighted by molar-refractivity contribution is -0.166. The molecule has 0 aliphatic rings. The zero-order valence-corrected chi connectivity index (χ0v) is 49.1. The number of ether oxygens (including phenoxy) is 3. The third-order valence-electron chi connectivity index (χ3n) is 12.2. The molecule has 0 saturated carbocycles. The lowest BCUT2D eigenvalue weighted by atomic mass is 10.1. The molecule has 0 bridgehead atoms. The molecule has 1 atom stereocenters. The van der Waals surface area contributed by atoms with Crippen LogP contribution in [0.25, 0.3) is 0 Å². The fourth-order valence-electron chi connectivity index (χ4n) is 7.72. The Balaban J connectivity index is 4.55. The van der Waals surface area contributed by atoms with Gasteiger partial charge in [-0.15, -0.1) is 0 Å². The fraction of sp³-hybridized carbons (Fsp3) is 0.563. The average molecular weight is 1060 g/mol. The molecular formula is C71H110O6. The molecule has 0 aliphatic carbocycles. The minimum absolute atomic E-state index is 0.102. The number of hydrogen-bond acceptors (Lipinski definition) is 6. The highest BCUT2D eigenvalue weighted by Crippen LogP contribution is 2.14. The van der Waals surface area contributed by atoms with Crippen molar-refractivity contribution in [3.05, 3.63) is 170 Å². The smallest absolute Gasteiger partial charge is 0.309 e. The lowest BCUT2D eigenvalue weighted by Crippen LogP contribution is -2.30. The summed E-state index contributed by atoms with van der Waals surface area (Å²) in [5.41, 5.74) is 0. The van der Waals surface area contributed by atoms with Crippen molar-refractivity contribution in [3.8, 4) is 0 Å². The maximum atomic E-state index is 12.8. The number of unbranched alkanes of at least 4 members (excludes halogenated alkanes) is 15. The van der Waals surface area contributed by atoms with Crippen LogP contribution in [0, 0.1) is 0 Å². The van der Waals surface area contributed by atoms with E-state index in [1.54, 1.807) is 6.08 Å². The van der Waals surface area contributed by atoms with Gasteiger partial charge in [0.1, 0.15) is 13.2 Å². The average Bonchev–Trinajstić information content (AvgIpc) is 3.43. The molecule has 430 valence electrons. The summed E-state index contributed by atoms with van der Waals surface area (Å²) < 4.78 is 16.7. The molecule has 6 nitrogen and oxygen atoms in total. The molecule has 0 heterocycles. The van der Waals surface area contributed by atoms with Gasteiger partial charge in [-0.05, 0) is 122 Å². The summed E-state index contributed by atoms with van der Waals surface area (Å²) in [6.45, 7) is 6.23. The van der Waals surface area contributed by atoms with Gasteiger partial charge in [-0.1, -0.05) is 268 Å². The Bertz CT molecular complexity index is 1790. The Hall–Kier alpha value is -5.23. The number of carbonyl (C=O) groups is 3. The van der Waals surface area contributed by atoms with E-state index in [0.717, 1.165) is 96.3 Å². The molecule has 0 rings (SSSR count). The molecule has 0 spiro atoms. The minimum Gasteiger partial charge on any atom is -0.462 e. The second kappa shape index (κ2) is 63.3. The normalized spacial score (nSPS) is 13.3. The van der Waals surface area contributed by atoms with Gasteiger partial charge in [-0.2, -0.15) is 0 Å². The van der Waals surface area contributed by atoms with E-state index in [-0.39, 0.29) is 32.0 Å². The van der Waals surface area contributed by atoms with Crippen molar-refractivity contribution in [1.29, 1.82) is 0 Å². The van der Waals surface area contributed by atoms with Crippen molar-refractivity contribution in [2.24, 2.45) is 0 Å². The molecule has 0 radical (unpaired) electrons. The highest BCUT2D eigenvalue weighted by Gasteiger charge is 2.19. The van der Waals surface area contributed by atoms with E-state index in [1.807, 2.05) is 18.2 Å². The van der Waals surface area contributed by atoms with Crippen LogP contribution in [0.4, 0.5) is 0 Å². The Morgan fingerprint density at radius 1 is 0.286 bits per heavy atom. The quantitative estimate of drug-likeness (QED) is 0.0261. The summed E-state index contributed by atoms with van der Waals surface area (Å²) in [5.74, 6) is -1.18. The predicted octanol–water partition coefficient (Wildman–Crippen LogP) is 21.1. The van der Waals surface area contributed by atoms with Gasteiger partial charge in [0.15, 0.2) is 6.10 Å².